The molecule has 0 N–H and O–H groups in total. The zero-order valence-corrected chi connectivity index (χ0v) is 5.83. The summed E-state index contributed by atoms with van der Waals surface area (Å²) in [5.74, 6) is 0. The minimum Gasteiger partial charge on any atom is -0.264 e. The molecule has 1 aromatic rings. The molecule has 0 aliphatic heterocycles. The summed E-state index contributed by atoms with van der Waals surface area (Å²) in [7, 11) is 0. The van der Waals surface area contributed by atoms with Crippen molar-refractivity contribution in [2.45, 2.75) is 13.3 Å². The minimum atomic E-state index is 0.453. The fourth-order valence-electron chi connectivity index (χ4n) is 0.806. The van der Waals surface area contributed by atoms with Gasteiger partial charge in [-0.3, -0.25) is 4.98 Å². The van der Waals surface area contributed by atoms with E-state index in [2.05, 4.69) is 11.1 Å². The fraction of sp³-hybridized carbons (Fsp3) is 0.250. The summed E-state index contributed by atoms with van der Waals surface area (Å²) in [5.41, 5.74) is 2.09. The van der Waals surface area contributed by atoms with Crippen molar-refractivity contribution in [3.8, 4) is 6.07 Å². The van der Waals surface area contributed by atoms with E-state index in [9.17, 15) is 0 Å². The van der Waals surface area contributed by atoms with Crippen molar-refractivity contribution in [3.63, 3.8) is 0 Å². The van der Waals surface area contributed by atoms with E-state index in [-0.39, 0.29) is 0 Å². The molecule has 0 saturated carbocycles. The van der Waals surface area contributed by atoms with Gasteiger partial charge in [-0.1, -0.05) is 6.07 Å². The van der Waals surface area contributed by atoms with Crippen LogP contribution in [0, 0.1) is 18.3 Å². The van der Waals surface area contributed by atoms with E-state index in [4.69, 9.17) is 5.26 Å². The molecule has 0 aliphatic carbocycles. The highest BCUT2D eigenvalue weighted by Crippen LogP contribution is 2.00. The first-order valence-electron chi connectivity index (χ1n) is 3.10. The van der Waals surface area contributed by atoms with Crippen LogP contribution in [-0.2, 0) is 6.42 Å². The predicted molar refractivity (Wildman–Crippen MR) is 38.3 cm³/mol. The molecular weight excluding hydrogens is 124 g/mol. The topological polar surface area (TPSA) is 36.7 Å². The lowest BCUT2D eigenvalue weighted by Gasteiger charge is -1.93. The van der Waals surface area contributed by atoms with Crippen molar-refractivity contribution >= 4 is 0 Å². The van der Waals surface area contributed by atoms with Crippen molar-refractivity contribution in [1.82, 2.24) is 4.98 Å². The Hall–Kier alpha value is -1.36. The number of rotatable bonds is 1. The van der Waals surface area contributed by atoms with Crippen LogP contribution < -0.4 is 0 Å². The summed E-state index contributed by atoms with van der Waals surface area (Å²) in [6.07, 6.45) is 3.95. The third-order valence-electron chi connectivity index (χ3n) is 1.21. The van der Waals surface area contributed by atoms with Crippen LogP contribution in [0.3, 0.4) is 0 Å². The van der Waals surface area contributed by atoms with Crippen molar-refractivity contribution in [1.29, 1.82) is 5.26 Å². The Kier molecular flexibility index (Phi) is 2.01. The highest BCUT2D eigenvalue weighted by atomic mass is 14.6. The van der Waals surface area contributed by atoms with Gasteiger partial charge in [-0.05, 0) is 18.1 Å². The Bertz CT molecular complexity index is 260. The molecule has 0 fully saturated rings. The third-order valence-corrected chi connectivity index (χ3v) is 1.21. The van der Waals surface area contributed by atoms with E-state index < -0.39 is 0 Å². The number of hydrogen-bond acceptors (Lipinski definition) is 2. The second kappa shape index (κ2) is 2.98. The average molecular weight is 132 g/mol. The number of nitrogens with zero attached hydrogens (tertiary/aromatic N) is 2. The largest absolute Gasteiger partial charge is 0.264 e. The Morgan fingerprint density at radius 1 is 1.60 bits per heavy atom. The van der Waals surface area contributed by atoms with Crippen LogP contribution >= 0.6 is 0 Å². The molecule has 0 amide bonds. The molecule has 0 bridgehead atoms. The summed E-state index contributed by atoms with van der Waals surface area (Å²) in [5, 5.41) is 8.33. The average Bonchev–Trinajstić information content (AvgIpc) is 1.88. The summed E-state index contributed by atoms with van der Waals surface area (Å²) in [6.45, 7) is 1.97. The maximum absolute atomic E-state index is 8.33. The standard InChI is InChI=1S/C8H8N2/c1-7-4-8(2-3-9)6-10-5-7/h4-6H,2H2,1H3. The first kappa shape index (κ1) is 6.76. The van der Waals surface area contributed by atoms with Crippen molar-refractivity contribution in [2.24, 2.45) is 0 Å². The molecule has 0 atom stereocenters. The maximum atomic E-state index is 8.33. The molecule has 2 nitrogen and oxygen atoms in total. The summed E-state index contributed by atoms with van der Waals surface area (Å²) < 4.78 is 0. The number of aryl methyl sites for hydroxylation is 1. The van der Waals surface area contributed by atoms with Crippen LogP contribution in [0.1, 0.15) is 11.1 Å². The number of pyridine rings is 1. The van der Waals surface area contributed by atoms with Gasteiger partial charge in [-0.2, -0.15) is 5.26 Å². The predicted octanol–water partition coefficient (Wildman–Crippen LogP) is 1.46. The van der Waals surface area contributed by atoms with E-state index >= 15 is 0 Å². The first-order chi connectivity index (χ1) is 4.83. The normalized spacial score (nSPS) is 8.80. The zero-order chi connectivity index (χ0) is 7.40. The van der Waals surface area contributed by atoms with Gasteiger partial charge in [0.2, 0.25) is 0 Å². The maximum Gasteiger partial charge on any atom is 0.0670 e. The van der Waals surface area contributed by atoms with Crippen LogP contribution in [0.5, 0.6) is 0 Å². The third kappa shape index (κ3) is 1.56. The van der Waals surface area contributed by atoms with Crippen molar-refractivity contribution in [3.05, 3.63) is 29.6 Å². The van der Waals surface area contributed by atoms with Crippen molar-refractivity contribution in [2.75, 3.05) is 0 Å². The Morgan fingerprint density at radius 2 is 2.40 bits per heavy atom. The lowest BCUT2D eigenvalue weighted by Crippen LogP contribution is -1.84. The molecule has 1 rings (SSSR count). The SMILES string of the molecule is Cc1cncc(CC#N)c1. The van der Waals surface area contributed by atoms with Gasteiger partial charge < -0.3 is 0 Å². The van der Waals surface area contributed by atoms with Crippen LogP contribution in [-0.4, -0.2) is 4.98 Å². The molecule has 10 heavy (non-hydrogen) atoms. The molecule has 0 unspecified atom stereocenters. The quantitative estimate of drug-likeness (QED) is 0.580. The molecule has 0 aromatic carbocycles. The second-order valence-corrected chi connectivity index (χ2v) is 2.21. The fourth-order valence-corrected chi connectivity index (χ4v) is 0.806. The van der Waals surface area contributed by atoms with E-state index in [1.54, 1.807) is 12.4 Å². The van der Waals surface area contributed by atoms with Gasteiger partial charge in [0.15, 0.2) is 0 Å². The second-order valence-electron chi connectivity index (χ2n) is 2.21. The molecule has 2 heteroatoms. The van der Waals surface area contributed by atoms with Crippen LogP contribution in [0.2, 0.25) is 0 Å². The Balaban J connectivity index is 2.87. The molecular formula is C8H8N2. The molecule has 0 aliphatic rings. The minimum absolute atomic E-state index is 0.453. The van der Waals surface area contributed by atoms with E-state index in [1.165, 1.54) is 0 Å². The van der Waals surface area contributed by atoms with Gasteiger partial charge in [-0.25, -0.2) is 0 Å². The van der Waals surface area contributed by atoms with Gasteiger partial charge in [0, 0.05) is 12.4 Å². The molecule has 50 valence electrons. The Morgan fingerprint density at radius 3 is 3.00 bits per heavy atom. The number of nitriles is 1. The van der Waals surface area contributed by atoms with Gasteiger partial charge in [0.1, 0.15) is 0 Å². The lowest BCUT2D eigenvalue weighted by molar-refractivity contribution is 1.16. The van der Waals surface area contributed by atoms with Gasteiger partial charge in [0.25, 0.3) is 0 Å². The molecule has 0 saturated heterocycles. The van der Waals surface area contributed by atoms with Crippen LogP contribution in [0.25, 0.3) is 0 Å². The van der Waals surface area contributed by atoms with Gasteiger partial charge >= 0.3 is 0 Å². The van der Waals surface area contributed by atoms with E-state index in [1.807, 2.05) is 13.0 Å². The smallest absolute Gasteiger partial charge is 0.0670 e. The van der Waals surface area contributed by atoms with Gasteiger partial charge in [-0.15, -0.1) is 0 Å². The molecule has 0 radical (unpaired) electrons. The summed E-state index contributed by atoms with van der Waals surface area (Å²) in [4.78, 5) is 3.95. The van der Waals surface area contributed by atoms with E-state index in [0.29, 0.717) is 6.42 Å². The number of hydrogen-bond donors (Lipinski definition) is 0. The molecule has 1 heterocycles. The monoisotopic (exact) mass is 132 g/mol. The lowest BCUT2D eigenvalue weighted by atomic mass is 10.2. The Labute approximate surface area is 60.1 Å². The molecule has 1 aromatic heterocycles. The first-order valence-corrected chi connectivity index (χ1v) is 3.10. The van der Waals surface area contributed by atoms with E-state index in [0.717, 1.165) is 11.1 Å². The highest BCUT2D eigenvalue weighted by molar-refractivity contribution is 5.19. The van der Waals surface area contributed by atoms with Crippen LogP contribution in [0.4, 0.5) is 0 Å². The summed E-state index contributed by atoms with van der Waals surface area (Å²) >= 11 is 0. The molecule has 0 spiro atoms. The number of aromatic nitrogens is 1. The van der Waals surface area contributed by atoms with Crippen molar-refractivity contribution < 1.29 is 0 Å². The highest BCUT2D eigenvalue weighted by Gasteiger charge is 1.90. The summed E-state index contributed by atoms with van der Waals surface area (Å²) in [6, 6.07) is 4.04. The zero-order valence-electron chi connectivity index (χ0n) is 5.83. The van der Waals surface area contributed by atoms with Gasteiger partial charge in [0.05, 0.1) is 12.5 Å². The van der Waals surface area contributed by atoms with Crippen LogP contribution in [0.15, 0.2) is 18.5 Å².